The third-order valence-electron chi connectivity index (χ3n) is 2.05. The Balaban J connectivity index is 2.14. The second-order valence-corrected chi connectivity index (χ2v) is 5.35. The Morgan fingerprint density at radius 1 is 1.40 bits per heavy atom. The molecular formula is C9H12N4S2. The zero-order chi connectivity index (χ0) is 10.8. The molecule has 0 aliphatic carbocycles. The maximum Gasteiger partial charge on any atom is 0.130 e. The van der Waals surface area contributed by atoms with E-state index in [1.165, 1.54) is 16.4 Å². The lowest BCUT2D eigenvalue weighted by Crippen LogP contribution is -2.04. The Morgan fingerprint density at radius 3 is 2.73 bits per heavy atom. The van der Waals surface area contributed by atoms with Crippen molar-refractivity contribution in [3.05, 3.63) is 21.8 Å². The molecule has 2 rings (SSSR count). The standard InChI is InChI=1S/C9H12N4S2/c1-5-9(14-7(3)11-5)6(2)12-8-4-10-13-15-8/h4,6,12H,1-3H3. The summed E-state index contributed by atoms with van der Waals surface area (Å²) < 4.78 is 3.81. The average Bonchev–Trinajstić information content (AvgIpc) is 2.75. The molecule has 0 aromatic carbocycles. The van der Waals surface area contributed by atoms with E-state index in [4.69, 9.17) is 0 Å². The van der Waals surface area contributed by atoms with Crippen LogP contribution in [0.1, 0.15) is 28.5 Å². The molecular weight excluding hydrogens is 228 g/mol. The van der Waals surface area contributed by atoms with Crippen LogP contribution in [0.3, 0.4) is 0 Å². The molecule has 4 nitrogen and oxygen atoms in total. The molecule has 1 N–H and O–H groups in total. The van der Waals surface area contributed by atoms with Gasteiger partial charge in [0, 0.05) is 16.4 Å². The number of rotatable bonds is 3. The maximum atomic E-state index is 4.41. The van der Waals surface area contributed by atoms with Gasteiger partial charge in [-0.15, -0.1) is 16.4 Å². The Hall–Kier alpha value is -1.01. The third-order valence-corrected chi connectivity index (χ3v) is 3.90. The third kappa shape index (κ3) is 2.32. The van der Waals surface area contributed by atoms with Crippen LogP contribution in [0.25, 0.3) is 0 Å². The molecule has 0 saturated carbocycles. The van der Waals surface area contributed by atoms with Crippen LogP contribution in [0.5, 0.6) is 0 Å². The monoisotopic (exact) mass is 240 g/mol. The van der Waals surface area contributed by atoms with Gasteiger partial charge in [-0.05, 0) is 20.8 Å². The topological polar surface area (TPSA) is 50.7 Å². The highest BCUT2D eigenvalue weighted by molar-refractivity contribution is 7.12. The molecule has 0 aliphatic rings. The van der Waals surface area contributed by atoms with Gasteiger partial charge in [0.25, 0.3) is 0 Å². The molecule has 0 radical (unpaired) electrons. The normalized spacial score (nSPS) is 12.7. The van der Waals surface area contributed by atoms with Crippen molar-refractivity contribution in [2.24, 2.45) is 0 Å². The molecule has 80 valence electrons. The van der Waals surface area contributed by atoms with E-state index in [-0.39, 0.29) is 6.04 Å². The molecule has 0 fully saturated rings. The molecule has 0 saturated heterocycles. The van der Waals surface area contributed by atoms with Gasteiger partial charge >= 0.3 is 0 Å². The van der Waals surface area contributed by atoms with E-state index in [0.717, 1.165) is 15.7 Å². The number of thiazole rings is 1. The van der Waals surface area contributed by atoms with Crippen LogP contribution >= 0.6 is 22.9 Å². The Kier molecular flexibility index (Phi) is 2.97. The number of nitrogens with one attached hydrogen (secondary N) is 1. The highest BCUT2D eigenvalue weighted by Gasteiger charge is 2.13. The fourth-order valence-electron chi connectivity index (χ4n) is 1.46. The number of anilines is 1. The summed E-state index contributed by atoms with van der Waals surface area (Å²) >= 11 is 3.11. The van der Waals surface area contributed by atoms with E-state index < -0.39 is 0 Å². The van der Waals surface area contributed by atoms with Crippen molar-refractivity contribution in [1.82, 2.24) is 14.6 Å². The zero-order valence-corrected chi connectivity index (χ0v) is 10.4. The summed E-state index contributed by atoms with van der Waals surface area (Å²) in [7, 11) is 0. The smallest absolute Gasteiger partial charge is 0.130 e. The van der Waals surface area contributed by atoms with Crippen LogP contribution in [0, 0.1) is 13.8 Å². The summed E-state index contributed by atoms with van der Waals surface area (Å²) in [6.07, 6.45) is 1.74. The highest BCUT2D eigenvalue weighted by Crippen LogP contribution is 2.27. The van der Waals surface area contributed by atoms with Gasteiger partial charge in [-0.2, -0.15) is 0 Å². The van der Waals surface area contributed by atoms with E-state index in [9.17, 15) is 0 Å². The molecule has 2 aromatic rings. The van der Waals surface area contributed by atoms with Gasteiger partial charge in [0.15, 0.2) is 0 Å². The first-order chi connectivity index (χ1) is 7.16. The summed E-state index contributed by atoms with van der Waals surface area (Å²) in [5, 5.41) is 9.25. The minimum Gasteiger partial charge on any atom is -0.367 e. The number of aromatic nitrogens is 3. The lowest BCUT2D eigenvalue weighted by Gasteiger charge is -2.11. The molecule has 0 bridgehead atoms. The number of hydrogen-bond acceptors (Lipinski definition) is 6. The Morgan fingerprint density at radius 2 is 2.20 bits per heavy atom. The van der Waals surface area contributed by atoms with Crippen LogP contribution in [0.15, 0.2) is 6.20 Å². The van der Waals surface area contributed by atoms with E-state index in [0.29, 0.717) is 0 Å². The van der Waals surface area contributed by atoms with Crippen molar-refractivity contribution in [3.8, 4) is 0 Å². The molecule has 1 unspecified atom stereocenters. The lowest BCUT2D eigenvalue weighted by atomic mass is 10.2. The second-order valence-electron chi connectivity index (χ2n) is 3.33. The van der Waals surface area contributed by atoms with Crippen LogP contribution in [0.2, 0.25) is 0 Å². The Labute approximate surface area is 96.5 Å². The number of aryl methyl sites for hydroxylation is 2. The van der Waals surface area contributed by atoms with Gasteiger partial charge in [-0.1, -0.05) is 4.49 Å². The highest BCUT2D eigenvalue weighted by atomic mass is 32.1. The van der Waals surface area contributed by atoms with Crippen molar-refractivity contribution in [2.75, 3.05) is 5.32 Å². The predicted octanol–water partition coefficient (Wildman–Crippen LogP) is 2.78. The largest absolute Gasteiger partial charge is 0.367 e. The Bertz CT molecular complexity index is 435. The van der Waals surface area contributed by atoms with Gasteiger partial charge in [-0.25, -0.2) is 4.98 Å². The van der Waals surface area contributed by atoms with E-state index in [2.05, 4.69) is 26.8 Å². The summed E-state index contributed by atoms with van der Waals surface area (Å²) in [6, 6.07) is 0.262. The van der Waals surface area contributed by atoms with Crippen molar-refractivity contribution in [3.63, 3.8) is 0 Å². The van der Waals surface area contributed by atoms with Gasteiger partial charge in [-0.3, -0.25) is 0 Å². The van der Waals surface area contributed by atoms with Crippen molar-refractivity contribution in [1.29, 1.82) is 0 Å². The first-order valence-corrected chi connectivity index (χ1v) is 6.23. The quantitative estimate of drug-likeness (QED) is 0.896. The number of nitrogens with zero attached hydrogens (tertiary/aromatic N) is 3. The first kappa shape index (κ1) is 10.5. The molecule has 15 heavy (non-hydrogen) atoms. The van der Waals surface area contributed by atoms with Crippen molar-refractivity contribution >= 4 is 27.9 Å². The minimum absolute atomic E-state index is 0.262. The molecule has 2 aromatic heterocycles. The zero-order valence-electron chi connectivity index (χ0n) is 8.81. The predicted molar refractivity (Wildman–Crippen MR) is 63.5 cm³/mol. The molecule has 6 heteroatoms. The minimum atomic E-state index is 0.262. The van der Waals surface area contributed by atoms with Crippen LogP contribution in [-0.4, -0.2) is 14.6 Å². The average molecular weight is 240 g/mol. The summed E-state index contributed by atoms with van der Waals surface area (Å²) in [6.45, 7) is 6.20. The first-order valence-electron chi connectivity index (χ1n) is 4.64. The molecule has 1 atom stereocenters. The van der Waals surface area contributed by atoms with E-state index >= 15 is 0 Å². The molecule has 2 heterocycles. The summed E-state index contributed by atoms with van der Waals surface area (Å²) in [4.78, 5) is 5.69. The summed E-state index contributed by atoms with van der Waals surface area (Å²) in [5.74, 6) is 0. The summed E-state index contributed by atoms with van der Waals surface area (Å²) in [5.41, 5.74) is 1.11. The van der Waals surface area contributed by atoms with Crippen LogP contribution in [0.4, 0.5) is 5.00 Å². The van der Waals surface area contributed by atoms with E-state index in [1.807, 2.05) is 13.8 Å². The van der Waals surface area contributed by atoms with E-state index in [1.54, 1.807) is 17.5 Å². The van der Waals surface area contributed by atoms with Crippen molar-refractivity contribution in [2.45, 2.75) is 26.8 Å². The molecule has 0 aliphatic heterocycles. The van der Waals surface area contributed by atoms with Gasteiger partial charge in [0.05, 0.1) is 22.9 Å². The SMILES string of the molecule is Cc1nc(C)c(C(C)Nc2cnns2)s1. The maximum absolute atomic E-state index is 4.41. The molecule has 0 amide bonds. The second kappa shape index (κ2) is 4.24. The number of hydrogen-bond donors (Lipinski definition) is 1. The fraction of sp³-hybridized carbons (Fsp3) is 0.444. The fourth-order valence-corrected chi connectivity index (χ4v) is 2.89. The van der Waals surface area contributed by atoms with Gasteiger partial charge in [0.2, 0.25) is 0 Å². The van der Waals surface area contributed by atoms with Gasteiger partial charge in [0.1, 0.15) is 5.00 Å². The van der Waals surface area contributed by atoms with Crippen LogP contribution < -0.4 is 5.32 Å². The molecule has 0 spiro atoms. The van der Waals surface area contributed by atoms with Crippen LogP contribution in [-0.2, 0) is 0 Å². The van der Waals surface area contributed by atoms with Gasteiger partial charge < -0.3 is 5.32 Å². The lowest BCUT2D eigenvalue weighted by molar-refractivity contribution is 0.893. The van der Waals surface area contributed by atoms with Crippen molar-refractivity contribution < 1.29 is 0 Å².